The lowest BCUT2D eigenvalue weighted by atomic mass is 9.79. The summed E-state index contributed by atoms with van der Waals surface area (Å²) in [4.78, 5) is 0. The highest BCUT2D eigenvalue weighted by molar-refractivity contribution is 4.84. The van der Waals surface area contributed by atoms with E-state index in [0.29, 0.717) is 12.2 Å². The summed E-state index contributed by atoms with van der Waals surface area (Å²) in [6, 6.07) is 0. The monoisotopic (exact) mass is 394 g/mol. The minimum atomic E-state index is 0.494. The molecule has 3 saturated heterocycles. The molecule has 6 unspecified atom stereocenters. The molecule has 0 aliphatic carbocycles. The lowest BCUT2D eigenvalue weighted by Crippen LogP contribution is -2.42. The van der Waals surface area contributed by atoms with Gasteiger partial charge in [0, 0.05) is 25.7 Å². The molecular weight excluding hydrogens is 348 g/mol. The Labute approximate surface area is 174 Å². The summed E-state index contributed by atoms with van der Waals surface area (Å²) in [6.45, 7) is 13.5. The third-order valence-corrected chi connectivity index (χ3v) is 7.81. The first-order valence-electron chi connectivity index (χ1n) is 12.3. The molecule has 164 valence electrons. The molecule has 3 nitrogen and oxygen atoms in total. The van der Waals surface area contributed by atoms with Gasteiger partial charge in [-0.25, -0.2) is 0 Å². The van der Waals surface area contributed by atoms with Gasteiger partial charge in [0.1, 0.15) is 0 Å². The highest BCUT2D eigenvalue weighted by Crippen LogP contribution is 2.36. The van der Waals surface area contributed by atoms with Crippen LogP contribution in [-0.2, 0) is 14.2 Å². The minimum Gasteiger partial charge on any atom is -0.381 e. The molecule has 0 radical (unpaired) electrons. The van der Waals surface area contributed by atoms with Gasteiger partial charge in [0.2, 0.25) is 0 Å². The number of rotatable bonds is 10. The van der Waals surface area contributed by atoms with E-state index in [0.717, 1.165) is 61.9 Å². The van der Waals surface area contributed by atoms with Crippen LogP contribution in [0.2, 0.25) is 0 Å². The summed E-state index contributed by atoms with van der Waals surface area (Å²) >= 11 is 0. The van der Waals surface area contributed by atoms with Gasteiger partial charge in [-0.2, -0.15) is 0 Å². The van der Waals surface area contributed by atoms with Crippen LogP contribution in [0.5, 0.6) is 0 Å². The van der Waals surface area contributed by atoms with Crippen LogP contribution in [-0.4, -0.2) is 38.6 Å². The van der Waals surface area contributed by atoms with Crippen molar-refractivity contribution >= 4 is 0 Å². The van der Waals surface area contributed by atoms with Crippen LogP contribution in [0.15, 0.2) is 0 Å². The summed E-state index contributed by atoms with van der Waals surface area (Å²) in [5.41, 5.74) is 0. The number of hydrogen-bond donors (Lipinski definition) is 0. The molecule has 28 heavy (non-hydrogen) atoms. The molecule has 0 aromatic rings. The molecule has 3 aliphatic rings. The second-order valence-electron chi connectivity index (χ2n) is 10.7. The minimum absolute atomic E-state index is 0.494. The molecule has 0 aromatic carbocycles. The zero-order chi connectivity index (χ0) is 19.9. The third-order valence-electron chi connectivity index (χ3n) is 7.81. The summed E-state index contributed by atoms with van der Waals surface area (Å²) < 4.78 is 17.6. The Hall–Kier alpha value is -0.120. The second-order valence-corrected chi connectivity index (χ2v) is 10.7. The fraction of sp³-hybridized carbons (Fsp3) is 1.00. The van der Waals surface area contributed by atoms with Gasteiger partial charge >= 0.3 is 0 Å². The van der Waals surface area contributed by atoms with Crippen LogP contribution in [0, 0.1) is 35.5 Å². The standard InChI is InChI=1S/C25H46O3/c1-18(2)22-9-12-27-24(16-22)14-20(4)13-23-17-28-25(23)15-19(3)5-6-21-7-10-26-11-8-21/h18-25H,5-17H2,1-4H3. The van der Waals surface area contributed by atoms with Crippen LogP contribution in [0.25, 0.3) is 0 Å². The van der Waals surface area contributed by atoms with E-state index in [-0.39, 0.29) is 0 Å². The number of ether oxygens (including phenoxy) is 3. The van der Waals surface area contributed by atoms with Crippen molar-refractivity contribution in [2.75, 3.05) is 26.4 Å². The molecule has 3 rings (SSSR count). The quantitative estimate of drug-likeness (QED) is 0.448. The summed E-state index contributed by atoms with van der Waals surface area (Å²) in [5.74, 6) is 4.89. The molecule has 0 N–H and O–H groups in total. The summed E-state index contributed by atoms with van der Waals surface area (Å²) in [7, 11) is 0. The van der Waals surface area contributed by atoms with Gasteiger partial charge in [-0.15, -0.1) is 0 Å². The van der Waals surface area contributed by atoms with Gasteiger partial charge in [0.25, 0.3) is 0 Å². The van der Waals surface area contributed by atoms with E-state index in [1.54, 1.807) is 0 Å². The Balaban J connectivity index is 1.32. The maximum Gasteiger partial charge on any atom is 0.0628 e. The fourth-order valence-corrected chi connectivity index (χ4v) is 5.66. The van der Waals surface area contributed by atoms with Crippen molar-refractivity contribution in [2.24, 2.45) is 35.5 Å². The summed E-state index contributed by atoms with van der Waals surface area (Å²) in [6.07, 6.45) is 12.7. The van der Waals surface area contributed by atoms with E-state index in [1.165, 1.54) is 57.8 Å². The predicted octanol–water partition coefficient (Wildman–Crippen LogP) is 6.10. The second kappa shape index (κ2) is 11.3. The average molecular weight is 395 g/mol. The zero-order valence-electron chi connectivity index (χ0n) is 19.0. The van der Waals surface area contributed by atoms with Crippen LogP contribution in [0.4, 0.5) is 0 Å². The van der Waals surface area contributed by atoms with Gasteiger partial charge in [-0.1, -0.05) is 40.5 Å². The van der Waals surface area contributed by atoms with Crippen molar-refractivity contribution in [1.82, 2.24) is 0 Å². The molecular formula is C25H46O3. The van der Waals surface area contributed by atoms with Gasteiger partial charge in [0.15, 0.2) is 0 Å². The normalized spacial score (nSPS) is 34.2. The van der Waals surface area contributed by atoms with Crippen LogP contribution >= 0.6 is 0 Å². The predicted molar refractivity (Wildman–Crippen MR) is 115 cm³/mol. The molecule has 3 fully saturated rings. The maximum absolute atomic E-state index is 6.10. The average Bonchev–Trinajstić information content (AvgIpc) is 2.69. The van der Waals surface area contributed by atoms with E-state index in [4.69, 9.17) is 14.2 Å². The molecule has 0 spiro atoms. The van der Waals surface area contributed by atoms with Crippen LogP contribution < -0.4 is 0 Å². The van der Waals surface area contributed by atoms with E-state index in [2.05, 4.69) is 27.7 Å². The Morgan fingerprint density at radius 1 is 0.821 bits per heavy atom. The van der Waals surface area contributed by atoms with Crippen LogP contribution in [0.1, 0.15) is 85.5 Å². The van der Waals surface area contributed by atoms with Gasteiger partial charge in [-0.3, -0.25) is 0 Å². The Bertz CT molecular complexity index is 432. The van der Waals surface area contributed by atoms with Gasteiger partial charge < -0.3 is 14.2 Å². The molecule has 0 bridgehead atoms. The molecule has 0 saturated carbocycles. The lowest BCUT2D eigenvalue weighted by Gasteiger charge is -2.41. The summed E-state index contributed by atoms with van der Waals surface area (Å²) in [5, 5.41) is 0. The van der Waals surface area contributed by atoms with Gasteiger partial charge in [-0.05, 0) is 74.5 Å². The fourth-order valence-electron chi connectivity index (χ4n) is 5.66. The molecule has 0 amide bonds. The van der Waals surface area contributed by atoms with E-state index < -0.39 is 0 Å². The Morgan fingerprint density at radius 3 is 2.29 bits per heavy atom. The van der Waals surface area contributed by atoms with Crippen molar-refractivity contribution in [3.63, 3.8) is 0 Å². The Morgan fingerprint density at radius 2 is 1.61 bits per heavy atom. The van der Waals surface area contributed by atoms with E-state index in [1.807, 2.05) is 0 Å². The third kappa shape index (κ3) is 6.99. The smallest absolute Gasteiger partial charge is 0.0628 e. The van der Waals surface area contributed by atoms with E-state index in [9.17, 15) is 0 Å². The highest BCUT2D eigenvalue weighted by atomic mass is 16.5. The van der Waals surface area contributed by atoms with Crippen LogP contribution in [0.3, 0.4) is 0 Å². The van der Waals surface area contributed by atoms with Gasteiger partial charge in [0.05, 0.1) is 18.8 Å². The van der Waals surface area contributed by atoms with Crippen molar-refractivity contribution in [3.8, 4) is 0 Å². The topological polar surface area (TPSA) is 27.7 Å². The van der Waals surface area contributed by atoms with Crippen molar-refractivity contribution < 1.29 is 14.2 Å². The van der Waals surface area contributed by atoms with Crippen molar-refractivity contribution in [1.29, 1.82) is 0 Å². The first-order chi connectivity index (χ1) is 13.5. The largest absolute Gasteiger partial charge is 0.381 e. The highest BCUT2D eigenvalue weighted by Gasteiger charge is 2.35. The molecule has 6 atom stereocenters. The SMILES string of the molecule is CC(CC1CC(C(C)C)CCO1)CC1COC1CC(C)CCC1CCOCC1. The lowest BCUT2D eigenvalue weighted by molar-refractivity contribution is -0.133. The van der Waals surface area contributed by atoms with Crippen molar-refractivity contribution in [3.05, 3.63) is 0 Å². The maximum atomic E-state index is 6.10. The zero-order valence-corrected chi connectivity index (χ0v) is 19.0. The number of hydrogen-bond acceptors (Lipinski definition) is 3. The first kappa shape index (κ1) is 22.6. The molecule has 0 aromatic heterocycles. The molecule has 3 heterocycles. The van der Waals surface area contributed by atoms with E-state index >= 15 is 0 Å². The molecule has 3 aliphatic heterocycles. The first-order valence-corrected chi connectivity index (χ1v) is 12.3. The Kier molecular flexibility index (Phi) is 9.12. The van der Waals surface area contributed by atoms with Crippen molar-refractivity contribution in [2.45, 2.75) is 97.7 Å². The molecule has 3 heteroatoms.